The van der Waals surface area contributed by atoms with Gasteiger partial charge in [-0.1, -0.05) is 60.2 Å². The number of amides is 1. The highest BCUT2D eigenvalue weighted by Crippen LogP contribution is 2.34. The fourth-order valence-electron chi connectivity index (χ4n) is 4.97. The van der Waals surface area contributed by atoms with Gasteiger partial charge in [0.25, 0.3) is 5.91 Å². The van der Waals surface area contributed by atoms with Crippen LogP contribution in [0.25, 0.3) is 0 Å². The lowest BCUT2D eigenvalue weighted by atomic mass is 9.95. The number of hydrogen-bond acceptors (Lipinski definition) is 3. The number of fused-ring (bicyclic) bond motifs is 1. The highest BCUT2D eigenvalue weighted by Gasteiger charge is 2.34. The van der Waals surface area contributed by atoms with Crippen LogP contribution < -0.4 is 0 Å². The molecular weight excluding hydrogens is 413 g/mol. The van der Waals surface area contributed by atoms with Gasteiger partial charge in [-0.2, -0.15) is 5.10 Å². The third kappa shape index (κ3) is 4.46. The second-order valence-corrected chi connectivity index (χ2v) is 9.11. The Morgan fingerprint density at radius 2 is 1.85 bits per heavy atom. The van der Waals surface area contributed by atoms with E-state index in [0.29, 0.717) is 13.0 Å². The molecule has 2 aliphatic heterocycles. The van der Waals surface area contributed by atoms with E-state index >= 15 is 0 Å². The summed E-state index contributed by atoms with van der Waals surface area (Å²) in [5.74, 6) is -0.351. The van der Waals surface area contributed by atoms with Crippen molar-refractivity contribution in [3.63, 3.8) is 0 Å². The quantitative estimate of drug-likeness (QED) is 0.559. The molecule has 0 bridgehead atoms. The molecular formula is C28H28FN3O. The minimum atomic E-state index is -0.305. The number of aryl methyl sites for hydroxylation is 2. The van der Waals surface area contributed by atoms with E-state index in [1.807, 2.05) is 12.1 Å². The van der Waals surface area contributed by atoms with Crippen LogP contribution in [-0.2, 0) is 17.8 Å². The van der Waals surface area contributed by atoms with E-state index in [1.54, 1.807) is 11.1 Å². The van der Waals surface area contributed by atoms with Crippen molar-refractivity contribution < 1.29 is 9.18 Å². The summed E-state index contributed by atoms with van der Waals surface area (Å²) in [5, 5.41) is 6.38. The highest BCUT2D eigenvalue weighted by atomic mass is 19.1. The number of hydrazone groups is 1. The summed E-state index contributed by atoms with van der Waals surface area (Å²) in [6.45, 7) is 6.03. The van der Waals surface area contributed by atoms with Gasteiger partial charge in [-0.05, 0) is 54.7 Å². The molecule has 2 aliphatic rings. The minimum Gasteiger partial charge on any atom is -0.290 e. The number of carbonyl (C=O) groups is 1. The van der Waals surface area contributed by atoms with Crippen LogP contribution in [0.4, 0.5) is 4.39 Å². The molecule has 1 amide bonds. The molecule has 3 aromatic carbocycles. The zero-order valence-corrected chi connectivity index (χ0v) is 19.1. The Labute approximate surface area is 194 Å². The van der Waals surface area contributed by atoms with Gasteiger partial charge in [0, 0.05) is 25.1 Å². The van der Waals surface area contributed by atoms with E-state index in [9.17, 15) is 9.18 Å². The predicted molar refractivity (Wildman–Crippen MR) is 128 cm³/mol. The van der Waals surface area contributed by atoms with E-state index in [1.165, 1.54) is 28.8 Å². The number of hydrogen-bond donors (Lipinski definition) is 0. The van der Waals surface area contributed by atoms with E-state index in [0.717, 1.165) is 41.9 Å². The molecule has 0 radical (unpaired) electrons. The topological polar surface area (TPSA) is 35.9 Å². The van der Waals surface area contributed by atoms with Crippen molar-refractivity contribution in [2.45, 2.75) is 39.3 Å². The Morgan fingerprint density at radius 3 is 2.64 bits per heavy atom. The van der Waals surface area contributed by atoms with Gasteiger partial charge in [0.15, 0.2) is 0 Å². The summed E-state index contributed by atoms with van der Waals surface area (Å²) >= 11 is 0. The van der Waals surface area contributed by atoms with Crippen LogP contribution in [0, 0.1) is 19.7 Å². The van der Waals surface area contributed by atoms with Crippen LogP contribution in [0.5, 0.6) is 0 Å². The summed E-state index contributed by atoms with van der Waals surface area (Å²) in [7, 11) is 0. The molecule has 3 aromatic rings. The van der Waals surface area contributed by atoms with Crippen molar-refractivity contribution in [1.82, 2.24) is 9.91 Å². The largest absolute Gasteiger partial charge is 0.290 e. The van der Waals surface area contributed by atoms with Crippen LogP contribution in [0.1, 0.15) is 45.8 Å². The lowest BCUT2D eigenvalue weighted by Crippen LogP contribution is -2.40. The molecule has 0 aliphatic carbocycles. The Bertz CT molecular complexity index is 1240. The number of rotatable bonds is 4. The maximum absolute atomic E-state index is 14.0. The summed E-state index contributed by atoms with van der Waals surface area (Å²) in [5.41, 5.74) is 7.65. The third-order valence-electron chi connectivity index (χ3n) is 6.66. The van der Waals surface area contributed by atoms with Crippen molar-refractivity contribution in [3.8, 4) is 0 Å². The van der Waals surface area contributed by atoms with E-state index < -0.39 is 0 Å². The normalized spacial score (nSPS) is 18.2. The average Bonchev–Trinajstić information content (AvgIpc) is 3.24. The minimum absolute atomic E-state index is 0.0524. The van der Waals surface area contributed by atoms with Gasteiger partial charge in [-0.15, -0.1) is 0 Å². The van der Waals surface area contributed by atoms with Crippen molar-refractivity contribution >= 4 is 11.6 Å². The standard InChI is InChI=1S/C28H28FN3O/c1-19-10-11-25(20(2)14-19)26-16-27(22-8-5-9-24(29)15-22)32(30-26)28(33)18-31-13-12-21-6-3-4-7-23(21)17-31/h3-11,14-15,27H,12-13,16-18H2,1-2H3. The van der Waals surface area contributed by atoms with E-state index in [-0.39, 0.29) is 17.8 Å². The van der Waals surface area contributed by atoms with E-state index in [4.69, 9.17) is 5.10 Å². The molecule has 2 heterocycles. The average molecular weight is 442 g/mol. The third-order valence-corrected chi connectivity index (χ3v) is 6.66. The first-order valence-electron chi connectivity index (χ1n) is 11.5. The molecule has 1 atom stereocenters. The SMILES string of the molecule is Cc1ccc(C2=NN(C(=O)CN3CCc4ccccc4C3)C(c3cccc(F)c3)C2)c(C)c1. The molecule has 0 aromatic heterocycles. The monoisotopic (exact) mass is 441 g/mol. The van der Waals surface area contributed by atoms with Gasteiger partial charge >= 0.3 is 0 Å². The molecule has 4 nitrogen and oxygen atoms in total. The number of carbonyl (C=O) groups excluding carboxylic acids is 1. The lowest BCUT2D eigenvalue weighted by Gasteiger charge is -2.30. The van der Waals surface area contributed by atoms with Gasteiger partial charge < -0.3 is 0 Å². The smallest absolute Gasteiger partial charge is 0.257 e. The van der Waals surface area contributed by atoms with Crippen molar-refractivity contribution in [2.24, 2.45) is 5.10 Å². The molecule has 0 saturated heterocycles. The van der Waals surface area contributed by atoms with Crippen LogP contribution in [0.3, 0.4) is 0 Å². The molecule has 168 valence electrons. The first kappa shape index (κ1) is 21.5. The molecule has 5 heteroatoms. The second-order valence-electron chi connectivity index (χ2n) is 9.11. The first-order chi connectivity index (χ1) is 16.0. The molecule has 33 heavy (non-hydrogen) atoms. The number of nitrogens with zero attached hydrogens (tertiary/aromatic N) is 3. The van der Waals surface area contributed by atoms with Gasteiger partial charge in [0.2, 0.25) is 0 Å². The second kappa shape index (κ2) is 8.91. The maximum atomic E-state index is 14.0. The van der Waals surface area contributed by atoms with Crippen LogP contribution in [0.15, 0.2) is 71.8 Å². The highest BCUT2D eigenvalue weighted by molar-refractivity contribution is 6.04. The zero-order chi connectivity index (χ0) is 22.9. The van der Waals surface area contributed by atoms with Gasteiger partial charge in [0.1, 0.15) is 5.82 Å². The lowest BCUT2D eigenvalue weighted by molar-refractivity contribution is -0.134. The zero-order valence-electron chi connectivity index (χ0n) is 19.1. The van der Waals surface area contributed by atoms with Gasteiger partial charge in [-0.3, -0.25) is 9.69 Å². The Balaban J connectivity index is 1.42. The fraction of sp³-hybridized carbons (Fsp3) is 0.286. The Morgan fingerprint density at radius 1 is 1.03 bits per heavy atom. The first-order valence-corrected chi connectivity index (χ1v) is 11.5. The predicted octanol–water partition coefficient (Wildman–Crippen LogP) is 5.18. The molecule has 5 rings (SSSR count). The Kier molecular flexibility index (Phi) is 5.81. The molecule has 0 saturated carbocycles. The fourth-order valence-corrected chi connectivity index (χ4v) is 4.97. The van der Waals surface area contributed by atoms with E-state index in [2.05, 4.69) is 55.1 Å². The summed E-state index contributed by atoms with van der Waals surface area (Å²) in [6, 6.07) is 20.9. The maximum Gasteiger partial charge on any atom is 0.257 e. The summed E-state index contributed by atoms with van der Waals surface area (Å²) in [6.07, 6.45) is 1.51. The van der Waals surface area contributed by atoms with Crippen LogP contribution >= 0.6 is 0 Å². The summed E-state index contributed by atoms with van der Waals surface area (Å²) in [4.78, 5) is 15.7. The van der Waals surface area contributed by atoms with Crippen molar-refractivity contribution in [2.75, 3.05) is 13.1 Å². The van der Waals surface area contributed by atoms with Crippen molar-refractivity contribution in [1.29, 1.82) is 0 Å². The number of benzene rings is 3. The van der Waals surface area contributed by atoms with Crippen LogP contribution in [-0.4, -0.2) is 34.6 Å². The number of halogens is 1. The molecule has 1 unspecified atom stereocenters. The van der Waals surface area contributed by atoms with Gasteiger partial charge in [0.05, 0.1) is 18.3 Å². The van der Waals surface area contributed by atoms with Gasteiger partial charge in [-0.25, -0.2) is 9.40 Å². The Hall–Kier alpha value is -3.31. The van der Waals surface area contributed by atoms with Crippen molar-refractivity contribution in [3.05, 3.63) is 106 Å². The molecule has 0 N–H and O–H groups in total. The molecule has 0 fully saturated rings. The molecule has 0 spiro atoms. The summed E-state index contributed by atoms with van der Waals surface area (Å²) < 4.78 is 14.0. The van der Waals surface area contributed by atoms with Crippen LogP contribution in [0.2, 0.25) is 0 Å².